The van der Waals surface area contributed by atoms with Crippen molar-refractivity contribution in [3.05, 3.63) is 64.2 Å². The number of nitrogens with zero attached hydrogens (tertiary/aromatic N) is 6. The molecule has 2 aromatic carbocycles. The highest BCUT2D eigenvalue weighted by Crippen LogP contribution is 2.30. The van der Waals surface area contributed by atoms with Crippen molar-refractivity contribution in [2.75, 3.05) is 5.01 Å². The maximum atomic E-state index is 13.4. The zero-order valence-corrected chi connectivity index (χ0v) is 18.6. The summed E-state index contributed by atoms with van der Waals surface area (Å²) < 4.78 is 1.03. The zero-order valence-electron chi connectivity index (χ0n) is 17.1. The predicted molar refractivity (Wildman–Crippen MR) is 126 cm³/mol. The van der Waals surface area contributed by atoms with E-state index in [1.807, 2.05) is 0 Å². The number of aromatic hydroxyl groups is 1. The van der Waals surface area contributed by atoms with E-state index in [2.05, 4.69) is 20.2 Å². The number of amides is 1. The molecule has 1 atom stereocenters. The van der Waals surface area contributed by atoms with Gasteiger partial charge in [0.2, 0.25) is 5.11 Å². The molecule has 0 aliphatic carbocycles. The van der Waals surface area contributed by atoms with Crippen LogP contribution in [0, 0.1) is 6.92 Å². The summed E-state index contributed by atoms with van der Waals surface area (Å²) in [6.07, 6.45) is 0. The van der Waals surface area contributed by atoms with E-state index < -0.39 is 17.5 Å². The summed E-state index contributed by atoms with van der Waals surface area (Å²) in [5.41, 5.74) is 1.07. The number of aliphatic imine (C=N–C) groups is 1. The van der Waals surface area contributed by atoms with Crippen LogP contribution < -0.4 is 10.6 Å². The lowest BCUT2D eigenvalue weighted by atomic mass is 10.1. The summed E-state index contributed by atoms with van der Waals surface area (Å²) >= 11 is 11.3. The molecule has 0 bridgehead atoms. The van der Waals surface area contributed by atoms with Crippen molar-refractivity contribution in [1.29, 1.82) is 0 Å². The van der Waals surface area contributed by atoms with Crippen molar-refractivity contribution in [3.8, 4) is 5.75 Å². The normalized spacial score (nSPS) is 16.8. The number of para-hydroxylation sites is 2. The maximum Gasteiger partial charge on any atom is 0.280 e. The third-order valence-electron chi connectivity index (χ3n) is 4.93. The Morgan fingerprint density at radius 3 is 2.66 bits per heavy atom. The number of alkyl halides is 1. The van der Waals surface area contributed by atoms with Gasteiger partial charge in [0.05, 0.1) is 22.5 Å². The second-order valence-electron chi connectivity index (χ2n) is 7.04. The summed E-state index contributed by atoms with van der Waals surface area (Å²) in [5, 5.41) is 19.4. The highest BCUT2D eigenvalue weighted by molar-refractivity contribution is 7.80. The van der Waals surface area contributed by atoms with Crippen LogP contribution in [0.3, 0.4) is 0 Å². The van der Waals surface area contributed by atoms with Gasteiger partial charge in [-0.25, -0.2) is 9.98 Å². The molecule has 0 spiro atoms. The average molecular weight is 469 g/mol. The summed E-state index contributed by atoms with van der Waals surface area (Å²) in [7, 11) is 0. The van der Waals surface area contributed by atoms with Crippen LogP contribution in [-0.2, 0) is 10.7 Å². The minimum absolute atomic E-state index is 0.0409. The molecule has 3 aromatic rings. The first-order valence-electron chi connectivity index (χ1n) is 9.53. The molecule has 32 heavy (non-hydrogen) atoms. The minimum atomic E-state index is -1.15. The van der Waals surface area contributed by atoms with Crippen LogP contribution in [0.15, 0.2) is 62.5 Å². The smallest absolute Gasteiger partial charge is 0.280 e. The lowest BCUT2D eigenvalue weighted by Crippen LogP contribution is -2.57. The van der Waals surface area contributed by atoms with Gasteiger partial charge in [-0.3, -0.25) is 9.59 Å². The molecule has 11 heteroatoms. The second-order valence-corrected chi connectivity index (χ2v) is 7.67. The fourth-order valence-corrected chi connectivity index (χ4v) is 3.76. The standard InChI is InChI=1S/C21H17ClN6O3S/c1-11-6-5-9-15(18(11)29)25-26-17-12(2)23-21(32)28(20(17)31)27-16(10-22)24-14-8-4-3-7-13(14)19(27)30/h3-9,17,29H,10H2,1-2H3. The number of rotatable bonds is 4. The number of hydrogen-bond donors (Lipinski definition) is 1. The Morgan fingerprint density at radius 2 is 1.91 bits per heavy atom. The number of aromatic nitrogens is 2. The maximum absolute atomic E-state index is 13.4. The van der Waals surface area contributed by atoms with Gasteiger partial charge in [0.25, 0.3) is 11.5 Å². The molecule has 2 heterocycles. The molecule has 0 saturated carbocycles. The molecule has 1 unspecified atom stereocenters. The monoisotopic (exact) mass is 468 g/mol. The van der Waals surface area contributed by atoms with Crippen molar-refractivity contribution < 1.29 is 9.90 Å². The first-order valence-corrected chi connectivity index (χ1v) is 10.5. The van der Waals surface area contributed by atoms with Crippen LogP contribution in [0.2, 0.25) is 0 Å². The molecule has 1 amide bonds. The van der Waals surface area contributed by atoms with Gasteiger partial charge in [0.15, 0.2) is 6.04 Å². The highest BCUT2D eigenvalue weighted by Gasteiger charge is 2.37. The van der Waals surface area contributed by atoms with Crippen LogP contribution in [0.1, 0.15) is 18.3 Å². The van der Waals surface area contributed by atoms with Crippen molar-refractivity contribution in [2.24, 2.45) is 15.2 Å². The van der Waals surface area contributed by atoms with Crippen molar-refractivity contribution in [3.63, 3.8) is 0 Å². The average Bonchev–Trinajstić information content (AvgIpc) is 2.77. The zero-order chi connectivity index (χ0) is 23.0. The van der Waals surface area contributed by atoms with Gasteiger partial charge in [-0.05, 0) is 49.8 Å². The Balaban J connectivity index is 1.82. The number of phenolic OH excluding ortho intramolecular Hbond substituents is 1. The van der Waals surface area contributed by atoms with Gasteiger partial charge in [0.1, 0.15) is 17.3 Å². The van der Waals surface area contributed by atoms with E-state index in [0.717, 1.165) is 9.69 Å². The number of thiocarbonyl (C=S) groups is 1. The number of carbonyl (C=O) groups is 1. The number of benzene rings is 2. The molecular formula is C21H17ClN6O3S. The van der Waals surface area contributed by atoms with Crippen molar-refractivity contribution in [1.82, 2.24) is 9.66 Å². The van der Waals surface area contributed by atoms with Gasteiger partial charge in [-0.2, -0.15) is 19.9 Å². The quantitative estimate of drug-likeness (QED) is 0.357. The Morgan fingerprint density at radius 1 is 1.16 bits per heavy atom. The largest absolute Gasteiger partial charge is 0.505 e. The van der Waals surface area contributed by atoms with E-state index in [9.17, 15) is 14.7 Å². The minimum Gasteiger partial charge on any atom is -0.505 e. The molecule has 0 fully saturated rings. The number of phenols is 1. The van der Waals surface area contributed by atoms with E-state index >= 15 is 0 Å². The van der Waals surface area contributed by atoms with E-state index in [-0.39, 0.29) is 28.3 Å². The van der Waals surface area contributed by atoms with Crippen LogP contribution in [0.4, 0.5) is 5.69 Å². The van der Waals surface area contributed by atoms with Crippen LogP contribution in [-0.4, -0.2) is 37.5 Å². The molecule has 162 valence electrons. The van der Waals surface area contributed by atoms with Crippen LogP contribution in [0.5, 0.6) is 5.75 Å². The summed E-state index contributed by atoms with van der Waals surface area (Å²) in [5.74, 6) is -0.684. The van der Waals surface area contributed by atoms with E-state index in [4.69, 9.17) is 23.8 Å². The first kappa shape index (κ1) is 21.7. The summed E-state index contributed by atoms with van der Waals surface area (Å²) in [6, 6.07) is 10.6. The molecular weight excluding hydrogens is 452 g/mol. The SMILES string of the molecule is CC1=NC(=S)N(n2c(CCl)nc3ccccc3c2=O)C(=O)C1N=Nc1cccc(C)c1O. The van der Waals surface area contributed by atoms with E-state index in [1.165, 1.54) is 0 Å². The van der Waals surface area contributed by atoms with E-state index in [0.29, 0.717) is 22.2 Å². The molecule has 1 aliphatic heterocycles. The van der Waals surface area contributed by atoms with Gasteiger partial charge in [-0.15, -0.1) is 11.6 Å². The second kappa shape index (κ2) is 8.56. The van der Waals surface area contributed by atoms with Gasteiger partial charge >= 0.3 is 0 Å². The third kappa shape index (κ3) is 3.67. The molecule has 1 aliphatic rings. The first-order chi connectivity index (χ1) is 15.3. The topological polar surface area (TPSA) is 113 Å². The Kier molecular flexibility index (Phi) is 5.81. The number of fused-ring (bicyclic) bond motifs is 1. The molecule has 4 rings (SSSR count). The highest BCUT2D eigenvalue weighted by atomic mass is 35.5. The molecule has 1 aromatic heterocycles. The molecule has 9 nitrogen and oxygen atoms in total. The third-order valence-corrected chi connectivity index (χ3v) is 5.43. The number of halogens is 1. The number of hydrogen-bond acceptors (Lipinski definition) is 7. The lowest BCUT2D eigenvalue weighted by molar-refractivity contribution is -0.119. The fourth-order valence-electron chi connectivity index (χ4n) is 3.27. The van der Waals surface area contributed by atoms with Crippen LogP contribution >= 0.6 is 23.8 Å². The summed E-state index contributed by atoms with van der Waals surface area (Å²) in [4.78, 5) is 35.2. The Hall–Kier alpha value is -3.50. The number of carbonyl (C=O) groups excluding carboxylic acids is 1. The van der Waals surface area contributed by atoms with Gasteiger partial charge in [-0.1, -0.05) is 24.3 Å². The predicted octanol–water partition coefficient (Wildman–Crippen LogP) is 3.53. The van der Waals surface area contributed by atoms with Gasteiger partial charge in [0, 0.05) is 0 Å². The number of aryl methyl sites for hydroxylation is 1. The Labute approximate surface area is 192 Å². The van der Waals surface area contributed by atoms with Gasteiger partial charge < -0.3 is 5.11 Å². The molecule has 0 radical (unpaired) electrons. The Bertz CT molecular complexity index is 1380. The summed E-state index contributed by atoms with van der Waals surface area (Å²) in [6.45, 7) is 3.31. The fraction of sp³-hybridized carbons (Fsp3) is 0.190. The van der Waals surface area contributed by atoms with Crippen molar-refractivity contribution in [2.45, 2.75) is 25.8 Å². The lowest BCUT2D eigenvalue weighted by Gasteiger charge is -2.30. The van der Waals surface area contributed by atoms with Crippen LogP contribution in [0.25, 0.3) is 10.9 Å². The van der Waals surface area contributed by atoms with E-state index in [1.54, 1.807) is 56.3 Å². The number of azo groups is 1. The van der Waals surface area contributed by atoms with Crippen molar-refractivity contribution >= 4 is 57.1 Å². The molecule has 0 saturated heterocycles. The molecule has 1 N–H and O–H groups in total.